The molecule has 0 radical (unpaired) electrons. The molecule has 0 spiro atoms. The molecule has 0 saturated heterocycles. The molecule has 3 aromatic rings. The first-order valence-corrected chi connectivity index (χ1v) is 8.02. The Morgan fingerprint density at radius 2 is 1.84 bits per heavy atom. The van der Waals surface area contributed by atoms with Gasteiger partial charge in [-0.1, -0.05) is 12.1 Å². The second kappa shape index (κ2) is 6.05. The summed E-state index contributed by atoms with van der Waals surface area (Å²) >= 11 is 0. The summed E-state index contributed by atoms with van der Waals surface area (Å²) in [5, 5.41) is 3.73. The zero-order valence-corrected chi connectivity index (χ0v) is 14.0. The number of nitrogens with one attached hydrogen (secondary N) is 1. The smallest absolute Gasteiger partial charge is 0.231 e. The number of anilines is 1. The van der Waals surface area contributed by atoms with Gasteiger partial charge >= 0.3 is 0 Å². The fraction of sp³-hybridized carbons (Fsp3) is 0.211. The van der Waals surface area contributed by atoms with Gasteiger partial charge in [0.25, 0.3) is 0 Å². The summed E-state index contributed by atoms with van der Waals surface area (Å²) in [5.74, 6) is 2.08. The molecule has 6 heteroatoms. The second-order valence-corrected chi connectivity index (χ2v) is 6.00. The molecule has 4 rings (SSSR count). The Bertz CT molecular complexity index is 968. The highest BCUT2D eigenvalue weighted by Crippen LogP contribution is 2.36. The molecule has 0 fully saturated rings. The number of nitrogens with zero attached hydrogens (tertiary/aromatic N) is 2. The third kappa shape index (κ3) is 3.10. The fourth-order valence-corrected chi connectivity index (χ4v) is 2.95. The molecule has 0 aliphatic carbocycles. The maximum absolute atomic E-state index is 11.1. The monoisotopic (exact) mass is 335 g/mol. The number of rotatable bonds is 3. The molecule has 1 N–H and O–H groups in total. The van der Waals surface area contributed by atoms with Gasteiger partial charge in [0.1, 0.15) is 5.82 Å². The van der Waals surface area contributed by atoms with Crippen LogP contribution >= 0.6 is 0 Å². The summed E-state index contributed by atoms with van der Waals surface area (Å²) in [6.45, 7) is 3.61. The molecule has 6 nitrogen and oxygen atoms in total. The molecule has 0 atom stereocenters. The Morgan fingerprint density at radius 1 is 1.12 bits per heavy atom. The number of fused-ring (bicyclic) bond motifs is 2. The number of hydrogen-bond acceptors (Lipinski definition) is 5. The average Bonchev–Trinajstić information content (AvgIpc) is 3.01. The zero-order valence-electron chi connectivity index (χ0n) is 14.0. The van der Waals surface area contributed by atoms with E-state index in [4.69, 9.17) is 9.47 Å². The van der Waals surface area contributed by atoms with Crippen LogP contribution in [0.2, 0.25) is 0 Å². The van der Waals surface area contributed by atoms with E-state index in [2.05, 4.69) is 15.3 Å². The van der Waals surface area contributed by atoms with Crippen LogP contribution in [0, 0.1) is 6.92 Å². The molecule has 1 amide bonds. The van der Waals surface area contributed by atoms with Gasteiger partial charge in [-0.05, 0) is 30.7 Å². The molecular formula is C19H17N3O3. The van der Waals surface area contributed by atoms with E-state index in [1.807, 2.05) is 43.3 Å². The van der Waals surface area contributed by atoms with Crippen LogP contribution in [0.3, 0.4) is 0 Å². The minimum Gasteiger partial charge on any atom is -0.454 e. The van der Waals surface area contributed by atoms with Crippen molar-refractivity contribution >= 4 is 22.5 Å². The van der Waals surface area contributed by atoms with Crippen molar-refractivity contribution < 1.29 is 14.3 Å². The number of benzene rings is 2. The Balaban J connectivity index is 1.70. The lowest BCUT2D eigenvalue weighted by Gasteiger charge is -2.09. The standard InChI is InChI=1S/C19H17N3O3/c1-11-20-16(7-13-3-5-14(6-4-13)22-12(2)23)15-8-18-19(25-10-24-18)9-17(15)21-11/h3-6,8-9H,7,10H2,1-2H3,(H,22,23). The maximum atomic E-state index is 11.1. The minimum absolute atomic E-state index is 0.0822. The van der Waals surface area contributed by atoms with Crippen molar-refractivity contribution in [1.82, 2.24) is 9.97 Å². The summed E-state index contributed by atoms with van der Waals surface area (Å²) in [7, 11) is 0. The molecule has 1 aliphatic heterocycles. The predicted octanol–water partition coefficient (Wildman–Crippen LogP) is 3.22. The summed E-state index contributed by atoms with van der Waals surface area (Å²) in [5.41, 5.74) is 3.67. The number of hydrogen-bond donors (Lipinski definition) is 1. The highest BCUT2D eigenvalue weighted by molar-refractivity contribution is 5.88. The molecule has 1 aliphatic rings. The van der Waals surface area contributed by atoms with Crippen LogP contribution in [0.1, 0.15) is 24.0 Å². The van der Waals surface area contributed by atoms with Gasteiger partial charge in [-0.3, -0.25) is 4.79 Å². The van der Waals surface area contributed by atoms with Crippen molar-refractivity contribution in [2.24, 2.45) is 0 Å². The van der Waals surface area contributed by atoms with Gasteiger partial charge in [0.15, 0.2) is 11.5 Å². The Morgan fingerprint density at radius 3 is 2.56 bits per heavy atom. The van der Waals surface area contributed by atoms with Crippen molar-refractivity contribution in [1.29, 1.82) is 0 Å². The SMILES string of the molecule is CC(=O)Nc1ccc(Cc2nc(C)nc3cc4c(cc23)OCO4)cc1. The van der Waals surface area contributed by atoms with E-state index in [0.717, 1.165) is 45.2 Å². The summed E-state index contributed by atoms with van der Waals surface area (Å²) in [6.07, 6.45) is 0.667. The average molecular weight is 335 g/mol. The lowest BCUT2D eigenvalue weighted by atomic mass is 10.0. The van der Waals surface area contributed by atoms with Gasteiger partial charge in [0.05, 0.1) is 11.2 Å². The lowest BCUT2D eigenvalue weighted by molar-refractivity contribution is -0.114. The molecule has 0 saturated carbocycles. The first-order chi connectivity index (χ1) is 12.1. The van der Waals surface area contributed by atoms with Gasteiger partial charge in [-0.25, -0.2) is 9.97 Å². The molecule has 126 valence electrons. The summed E-state index contributed by atoms with van der Waals surface area (Å²) < 4.78 is 10.9. The molecular weight excluding hydrogens is 318 g/mol. The highest BCUT2D eigenvalue weighted by Gasteiger charge is 2.17. The summed E-state index contributed by atoms with van der Waals surface area (Å²) in [4.78, 5) is 20.2. The molecule has 0 unspecified atom stereocenters. The largest absolute Gasteiger partial charge is 0.454 e. The van der Waals surface area contributed by atoms with Crippen LogP contribution in [0.4, 0.5) is 5.69 Å². The van der Waals surface area contributed by atoms with Crippen LogP contribution in [-0.2, 0) is 11.2 Å². The minimum atomic E-state index is -0.0822. The predicted molar refractivity (Wildman–Crippen MR) is 93.9 cm³/mol. The van der Waals surface area contributed by atoms with E-state index in [1.54, 1.807) is 0 Å². The van der Waals surface area contributed by atoms with Gasteiger partial charge in [-0.15, -0.1) is 0 Å². The Labute approximate surface area is 144 Å². The van der Waals surface area contributed by atoms with Gasteiger partial charge in [0, 0.05) is 30.5 Å². The van der Waals surface area contributed by atoms with Crippen LogP contribution < -0.4 is 14.8 Å². The van der Waals surface area contributed by atoms with Crippen molar-refractivity contribution in [3.63, 3.8) is 0 Å². The van der Waals surface area contributed by atoms with Crippen molar-refractivity contribution in [2.45, 2.75) is 20.3 Å². The van der Waals surface area contributed by atoms with Crippen LogP contribution in [0.25, 0.3) is 10.9 Å². The van der Waals surface area contributed by atoms with Gasteiger partial charge in [0.2, 0.25) is 12.7 Å². The van der Waals surface area contributed by atoms with Gasteiger partial charge in [-0.2, -0.15) is 0 Å². The maximum Gasteiger partial charge on any atom is 0.231 e. The number of amides is 1. The first kappa shape index (κ1) is 15.4. The van der Waals surface area contributed by atoms with E-state index < -0.39 is 0 Å². The molecule has 2 heterocycles. The number of aromatic nitrogens is 2. The second-order valence-electron chi connectivity index (χ2n) is 6.00. The third-order valence-corrected chi connectivity index (χ3v) is 4.03. The topological polar surface area (TPSA) is 73.3 Å². The number of ether oxygens (including phenoxy) is 2. The Hall–Kier alpha value is -3.15. The molecule has 25 heavy (non-hydrogen) atoms. The molecule has 2 aromatic carbocycles. The Kier molecular flexibility index (Phi) is 3.72. The number of aryl methyl sites for hydroxylation is 1. The van der Waals surface area contributed by atoms with Crippen molar-refractivity contribution in [3.05, 3.63) is 53.5 Å². The third-order valence-electron chi connectivity index (χ3n) is 4.03. The quantitative estimate of drug-likeness (QED) is 0.795. The van der Waals surface area contributed by atoms with E-state index >= 15 is 0 Å². The first-order valence-electron chi connectivity index (χ1n) is 8.02. The van der Waals surface area contributed by atoms with Gasteiger partial charge < -0.3 is 14.8 Å². The van der Waals surface area contributed by atoms with Crippen LogP contribution in [-0.4, -0.2) is 22.7 Å². The van der Waals surface area contributed by atoms with E-state index in [0.29, 0.717) is 6.42 Å². The lowest BCUT2D eigenvalue weighted by Crippen LogP contribution is -2.05. The van der Waals surface area contributed by atoms with Crippen LogP contribution in [0.15, 0.2) is 36.4 Å². The van der Waals surface area contributed by atoms with Crippen LogP contribution in [0.5, 0.6) is 11.5 Å². The van der Waals surface area contributed by atoms with Crippen molar-refractivity contribution in [2.75, 3.05) is 12.1 Å². The molecule has 1 aromatic heterocycles. The summed E-state index contributed by atoms with van der Waals surface area (Å²) in [6, 6.07) is 11.6. The van der Waals surface area contributed by atoms with E-state index in [1.165, 1.54) is 6.92 Å². The van der Waals surface area contributed by atoms with E-state index in [9.17, 15) is 4.79 Å². The number of carbonyl (C=O) groups excluding carboxylic acids is 1. The van der Waals surface area contributed by atoms with E-state index in [-0.39, 0.29) is 12.7 Å². The number of carbonyl (C=O) groups is 1. The molecule has 0 bridgehead atoms. The normalized spacial score (nSPS) is 12.4. The van der Waals surface area contributed by atoms with Crippen molar-refractivity contribution in [3.8, 4) is 11.5 Å². The highest BCUT2D eigenvalue weighted by atomic mass is 16.7. The fourth-order valence-electron chi connectivity index (χ4n) is 2.95. The zero-order chi connectivity index (χ0) is 17.4.